The third kappa shape index (κ3) is 18.2. The number of benzene rings is 6. The quantitative estimate of drug-likeness (QED) is 0.0461. The molecule has 4 unspecified atom stereocenters. The lowest BCUT2D eigenvalue weighted by atomic mass is 9.98. The number of esters is 2. The zero-order chi connectivity index (χ0) is 56.2. The predicted molar refractivity (Wildman–Crippen MR) is 303 cm³/mol. The van der Waals surface area contributed by atoms with Crippen molar-refractivity contribution in [3.63, 3.8) is 0 Å². The van der Waals surface area contributed by atoms with Gasteiger partial charge in [-0.25, -0.2) is 14.4 Å². The number of carbonyl (C=O) groups excluding carboxylic acids is 5. The van der Waals surface area contributed by atoms with Gasteiger partial charge in [0.25, 0.3) is 0 Å². The Balaban J connectivity index is 0.000000286. The van der Waals surface area contributed by atoms with Gasteiger partial charge in [-0.15, -0.1) is 0 Å². The highest BCUT2D eigenvalue weighted by molar-refractivity contribution is 5.88. The van der Waals surface area contributed by atoms with Crippen molar-refractivity contribution in [2.75, 3.05) is 26.8 Å². The Morgan fingerprint density at radius 2 is 0.935 bits per heavy atom. The summed E-state index contributed by atoms with van der Waals surface area (Å²) in [6.07, 6.45) is -0.194. The maximum absolute atomic E-state index is 13.6. The zero-order valence-electron chi connectivity index (χ0n) is 46.8. The molecule has 0 aliphatic carbocycles. The van der Waals surface area contributed by atoms with E-state index in [0.29, 0.717) is 13.1 Å². The van der Waals surface area contributed by atoms with Crippen LogP contribution in [-0.2, 0) is 50.9 Å². The molecule has 412 valence electrons. The third-order valence-corrected chi connectivity index (χ3v) is 13.4. The highest BCUT2D eigenvalue weighted by atomic mass is 16.7. The molecule has 77 heavy (non-hydrogen) atoms. The molecule has 6 rings (SSSR count). The fourth-order valence-electron chi connectivity index (χ4n) is 9.16. The number of nitrogens with two attached hydrogens (primary N) is 1. The molecule has 6 atom stereocenters. The SMILES string of the molecule is COCC(=O)NC(C(=O)OC(C)OC(=O)N(CCCc1cccc(C)c1)[C@H](C)c1cccc2ccccc12)C(C)C.Cc1cccc(CCCN(C(=O)OC(C)OC(=O)C(N)C(C)C)[C@H](C)c2cccc3ccccc23)c1. The van der Waals surface area contributed by atoms with E-state index in [1.807, 2.05) is 107 Å². The van der Waals surface area contributed by atoms with Crippen molar-refractivity contribution in [2.24, 2.45) is 17.6 Å². The average molecular weight is 1050 g/mol. The first-order valence-corrected chi connectivity index (χ1v) is 26.7. The lowest BCUT2D eigenvalue weighted by molar-refractivity contribution is -0.171. The number of nitrogens with one attached hydrogen (secondary N) is 1. The molecule has 0 saturated carbocycles. The maximum atomic E-state index is 13.6. The van der Waals surface area contributed by atoms with Crippen LogP contribution in [0.3, 0.4) is 0 Å². The molecule has 0 spiro atoms. The minimum Gasteiger partial charge on any atom is -0.424 e. The van der Waals surface area contributed by atoms with E-state index in [9.17, 15) is 24.0 Å². The predicted octanol–water partition coefficient (Wildman–Crippen LogP) is 12.1. The van der Waals surface area contributed by atoms with Crippen LogP contribution in [-0.4, -0.2) is 91.3 Å². The molecule has 3 amide bonds. The maximum Gasteiger partial charge on any atom is 0.413 e. The van der Waals surface area contributed by atoms with Gasteiger partial charge < -0.3 is 44.5 Å². The lowest BCUT2D eigenvalue weighted by Crippen LogP contribution is -2.47. The number of aryl methyl sites for hydroxylation is 4. The summed E-state index contributed by atoms with van der Waals surface area (Å²) >= 11 is 0. The van der Waals surface area contributed by atoms with Gasteiger partial charge in [0.1, 0.15) is 18.7 Å². The second-order valence-electron chi connectivity index (χ2n) is 20.3. The molecule has 6 aromatic rings. The van der Waals surface area contributed by atoms with Crippen molar-refractivity contribution in [2.45, 2.75) is 132 Å². The Bertz CT molecular complexity index is 2880. The molecule has 3 N–H and O–H groups in total. The highest BCUT2D eigenvalue weighted by Gasteiger charge is 2.31. The molecule has 0 aliphatic rings. The Kier molecular flexibility index (Phi) is 23.5. The van der Waals surface area contributed by atoms with Crippen LogP contribution < -0.4 is 11.1 Å². The first-order valence-electron chi connectivity index (χ1n) is 26.7. The number of methoxy groups -OCH3 is 1. The standard InChI is InChI=1S/C33H42N2O6.C30H38N2O4/c1-22(2)31(34-30(36)21-39-6)32(37)40-25(5)41-33(38)35(19-11-14-26-13-9-12-23(3)20-26)24(4)28-18-10-16-27-15-7-8-17-29(27)28;1-20(2)28(31)29(33)35-23(5)36-30(34)32(18-10-13-24-12-8-11-21(3)19-24)22(4)26-17-9-15-25-14-6-7-16-27(25)26/h7-10,12-13,15-18,20,22,24-25,31H,11,14,19,21H2,1-6H3,(H,34,36);6-9,11-12,14-17,19-20,22-23,28H,10,13,18,31H2,1-5H3/t24-,25?,31?;22-,23?,28?/m11/s1. The van der Waals surface area contributed by atoms with Crippen LogP contribution in [0.25, 0.3) is 21.5 Å². The molecule has 0 radical (unpaired) electrons. The van der Waals surface area contributed by atoms with Crippen molar-refractivity contribution in [3.05, 3.63) is 167 Å². The Morgan fingerprint density at radius 3 is 1.35 bits per heavy atom. The van der Waals surface area contributed by atoms with Gasteiger partial charge in [-0.05, 0) is 109 Å². The fraction of sp³-hybridized carbons (Fsp3) is 0.413. The Morgan fingerprint density at radius 1 is 0.519 bits per heavy atom. The molecule has 14 nitrogen and oxygen atoms in total. The number of carbonyl (C=O) groups is 5. The van der Waals surface area contributed by atoms with Crippen LogP contribution in [0.5, 0.6) is 0 Å². The van der Waals surface area contributed by atoms with Crippen LogP contribution in [0, 0.1) is 25.7 Å². The number of ether oxygens (including phenoxy) is 5. The number of fused-ring (bicyclic) bond motifs is 2. The molecule has 0 heterocycles. The van der Waals surface area contributed by atoms with Crippen LogP contribution in [0.15, 0.2) is 133 Å². The average Bonchev–Trinajstić information content (AvgIpc) is 3.40. The van der Waals surface area contributed by atoms with E-state index in [2.05, 4.69) is 73.8 Å². The zero-order valence-corrected chi connectivity index (χ0v) is 46.8. The van der Waals surface area contributed by atoms with E-state index in [-0.39, 0.29) is 30.5 Å². The van der Waals surface area contributed by atoms with E-state index in [1.165, 1.54) is 43.2 Å². The number of amides is 3. The molecule has 0 aliphatic heterocycles. The number of rotatable bonds is 23. The smallest absolute Gasteiger partial charge is 0.413 e. The summed E-state index contributed by atoms with van der Waals surface area (Å²) in [5.41, 5.74) is 12.8. The summed E-state index contributed by atoms with van der Waals surface area (Å²) in [5.74, 6) is -2.02. The van der Waals surface area contributed by atoms with Gasteiger partial charge >= 0.3 is 24.1 Å². The molecule has 0 aromatic heterocycles. The lowest BCUT2D eigenvalue weighted by Gasteiger charge is -2.31. The first kappa shape index (κ1) is 60.6. The van der Waals surface area contributed by atoms with Gasteiger partial charge in [0, 0.05) is 34.0 Å². The molecular weight excluding hydrogens is 973 g/mol. The summed E-state index contributed by atoms with van der Waals surface area (Å²) < 4.78 is 26.8. The van der Waals surface area contributed by atoms with Crippen molar-refractivity contribution >= 4 is 51.6 Å². The molecule has 0 fully saturated rings. The van der Waals surface area contributed by atoms with Crippen LogP contribution in [0.4, 0.5) is 9.59 Å². The minimum atomic E-state index is -1.16. The normalized spacial score (nSPS) is 13.5. The molecule has 14 heteroatoms. The number of hydrogen-bond acceptors (Lipinski definition) is 11. The highest BCUT2D eigenvalue weighted by Crippen LogP contribution is 2.31. The molecular formula is C63H80N4O10. The van der Waals surface area contributed by atoms with Gasteiger partial charge in [-0.2, -0.15) is 0 Å². The van der Waals surface area contributed by atoms with Crippen molar-refractivity contribution < 1.29 is 47.7 Å². The second-order valence-corrected chi connectivity index (χ2v) is 20.3. The Labute approximate surface area is 455 Å². The topological polar surface area (TPSA) is 176 Å². The van der Waals surface area contributed by atoms with Gasteiger partial charge in [-0.1, -0.05) is 172 Å². The van der Waals surface area contributed by atoms with Gasteiger partial charge in [0.05, 0.1) is 12.1 Å². The minimum absolute atomic E-state index is 0.0788. The van der Waals surface area contributed by atoms with Crippen molar-refractivity contribution in [3.8, 4) is 0 Å². The summed E-state index contributed by atoms with van der Waals surface area (Å²) in [6.45, 7) is 19.2. The van der Waals surface area contributed by atoms with E-state index in [1.54, 1.807) is 23.6 Å². The summed E-state index contributed by atoms with van der Waals surface area (Å²) in [6, 6.07) is 42.8. The molecule has 6 aromatic carbocycles. The van der Waals surface area contributed by atoms with Gasteiger partial charge in [0.15, 0.2) is 0 Å². The van der Waals surface area contributed by atoms with Gasteiger partial charge in [0.2, 0.25) is 18.5 Å². The van der Waals surface area contributed by atoms with E-state index >= 15 is 0 Å². The van der Waals surface area contributed by atoms with E-state index < -0.39 is 54.7 Å². The third-order valence-electron chi connectivity index (χ3n) is 13.4. The summed E-state index contributed by atoms with van der Waals surface area (Å²) in [5, 5.41) is 6.96. The van der Waals surface area contributed by atoms with E-state index in [0.717, 1.165) is 58.4 Å². The first-order chi connectivity index (χ1) is 36.8. The number of hydrogen-bond donors (Lipinski definition) is 2. The summed E-state index contributed by atoms with van der Waals surface area (Å²) in [7, 11) is 1.40. The van der Waals surface area contributed by atoms with E-state index in [4.69, 9.17) is 29.4 Å². The van der Waals surface area contributed by atoms with Crippen molar-refractivity contribution in [1.82, 2.24) is 15.1 Å². The monoisotopic (exact) mass is 1050 g/mol. The fourth-order valence-corrected chi connectivity index (χ4v) is 9.16. The van der Waals surface area contributed by atoms with Gasteiger partial charge in [-0.3, -0.25) is 9.59 Å². The summed E-state index contributed by atoms with van der Waals surface area (Å²) in [4.78, 5) is 67.5. The largest absolute Gasteiger partial charge is 0.424 e. The van der Waals surface area contributed by atoms with Crippen LogP contribution in [0.1, 0.15) is 114 Å². The van der Waals surface area contributed by atoms with Crippen molar-refractivity contribution in [1.29, 1.82) is 0 Å². The number of nitrogens with zero attached hydrogens (tertiary/aromatic N) is 2. The van der Waals surface area contributed by atoms with Crippen LogP contribution >= 0.6 is 0 Å². The Hall–Kier alpha value is -7.29. The molecule has 0 bridgehead atoms. The van der Waals surface area contributed by atoms with Crippen LogP contribution in [0.2, 0.25) is 0 Å². The molecule has 0 saturated heterocycles. The second kappa shape index (κ2) is 29.9.